The molecule has 1 saturated heterocycles. The van der Waals surface area contributed by atoms with E-state index in [9.17, 15) is 4.79 Å². The summed E-state index contributed by atoms with van der Waals surface area (Å²) in [6.45, 7) is 6.51. The SMILES string of the molecule is Cc1ccc(C(=O)N(C)CC2(C)CCOCC2)cn1. The molecule has 0 saturated carbocycles. The van der Waals surface area contributed by atoms with Gasteiger partial charge >= 0.3 is 0 Å². The monoisotopic (exact) mass is 262 g/mol. The van der Waals surface area contributed by atoms with Crippen LogP contribution in [0.25, 0.3) is 0 Å². The summed E-state index contributed by atoms with van der Waals surface area (Å²) in [6.07, 6.45) is 3.67. The predicted molar refractivity (Wildman–Crippen MR) is 74.1 cm³/mol. The second-order valence-electron chi connectivity index (χ2n) is 5.77. The van der Waals surface area contributed by atoms with Gasteiger partial charge in [-0.3, -0.25) is 9.78 Å². The van der Waals surface area contributed by atoms with E-state index >= 15 is 0 Å². The van der Waals surface area contributed by atoms with Crippen molar-refractivity contribution in [3.8, 4) is 0 Å². The molecule has 0 aliphatic carbocycles. The Morgan fingerprint density at radius 3 is 2.68 bits per heavy atom. The van der Waals surface area contributed by atoms with Crippen molar-refractivity contribution in [3.05, 3.63) is 29.6 Å². The molecule has 0 aromatic carbocycles. The number of pyridine rings is 1. The third-order valence-corrected chi connectivity index (χ3v) is 3.82. The Kier molecular flexibility index (Phi) is 4.20. The van der Waals surface area contributed by atoms with E-state index in [4.69, 9.17) is 4.74 Å². The molecule has 0 atom stereocenters. The normalized spacial score (nSPS) is 18.1. The molecule has 1 aromatic rings. The van der Waals surface area contributed by atoms with Crippen LogP contribution >= 0.6 is 0 Å². The maximum absolute atomic E-state index is 12.3. The molecular weight excluding hydrogens is 240 g/mol. The molecule has 4 nitrogen and oxygen atoms in total. The molecule has 2 heterocycles. The molecule has 0 bridgehead atoms. The van der Waals surface area contributed by atoms with E-state index in [1.807, 2.05) is 26.1 Å². The Bertz CT molecular complexity index is 436. The number of aromatic nitrogens is 1. The van der Waals surface area contributed by atoms with E-state index < -0.39 is 0 Å². The molecule has 1 aliphatic heterocycles. The van der Waals surface area contributed by atoms with Crippen LogP contribution < -0.4 is 0 Å². The van der Waals surface area contributed by atoms with Crippen molar-refractivity contribution < 1.29 is 9.53 Å². The van der Waals surface area contributed by atoms with Crippen molar-refractivity contribution in [1.82, 2.24) is 9.88 Å². The van der Waals surface area contributed by atoms with Crippen LogP contribution in [0.4, 0.5) is 0 Å². The summed E-state index contributed by atoms with van der Waals surface area (Å²) in [5, 5.41) is 0. The number of amides is 1. The van der Waals surface area contributed by atoms with Gasteiger partial charge in [-0.25, -0.2) is 0 Å². The molecule has 1 amide bonds. The van der Waals surface area contributed by atoms with E-state index in [-0.39, 0.29) is 11.3 Å². The quantitative estimate of drug-likeness (QED) is 0.839. The van der Waals surface area contributed by atoms with Crippen LogP contribution in [0.5, 0.6) is 0 Å². The number of rotatable bonds is 3. The molecule has 19 heavy (non-hydrogen) atoms. The number of aryl methyl sites for hydroxylation is 1. The highest BCUT2D eigenvalue weighted by molar-refractivity contribution is 5.93. The van der Waals surface area contributed by atoms with Gasteiger partial charge in [0.05, 0.1) is 5.56 Å². The lowest BCUT2D eigenvalue weighted by atomic mass is 9.82. The average Bonchev–Trinajstić information content (AvgIpc) is 2.39. The molecule has 0 spiro atoms. The van der Waals surface area contributed by atoms with E-state index in [1.165, 1.54) is 0 Å². The van der Waals surface area contributed by atoms with Crippen LogP contribution in [0.15, 0.2) is 18.3 Å². The lowest BCUT2D eigenvalue weighted by Gasteiger charge is -2.36. The van der Waals surface area contributed by atoms with Gasteiger partial charge in [0.25, 0.3) is 5.91 Å². The third kappa shape index (κ3) is 3.53. The van der Waals surface area contributed by atoms with Gasteiger partial charge in [-0.2, -0.15) is 0 Å². The minimum absolute atomic E-state index is 0.0419. The van der Waals surface area contributed by atoms with E-state index in [2.05, 4.69) is 11.9 Å². The Labute approximate surface area is 114 Å². The zero-order valence-corrected chi connectivity index (χ0v) is 12.0. The Morgan fingerprint density at radius 1 is 1.42 bits per heavy atom. The molecule has 0 unspecified atom stereocenters. The minimum Gasteiger partial charge on any atom is -0.381 e. The Hall–Kier alpha value is -1.42. The molecule has 104 valence electrons. The van der Waals surface area contributed by atoms with E-state index in [0.29, 0.717) is 5.56 Å². The van der Waals surface area contributed by atoms with Crippen molar-refractivity contribution in [1.29, 1.82) is 0 Å². The van der Waals surface area contributed by atoms with Crippen LogP contribution in [-0.4, -0.2) is 42.6 Å². The highest BCUT2D eigenvalue weighted by atomic mass is 16.5. The van der Waals surface area contributed by atoms with Gasteiger partial charge < -0.3 is 9.64 Å². The summed E-state index contributed by atoms with van der Waals surface area (Å²) in [5.41, 5.74) is 1.75. The van der Waals surface area contributed by atoms with E-state index in [0.717, 1.165) is 38.3 Å². The number of hydrogen-bond donors (Lipinski definition) is 0. The summed E-state index contributed by atoms with van der Waals surface area (Å²) >= 11 is 0. The van der Waals surface area contributed by atoms with Crippen molar-refractivity contribution in [2.45, 2.75) is 26.7 Å². The molecule has 0 radical (unpaired) electrons. The maximum Gasteiger partial charge on any atom is 0.255 e. The van der Waals surface area contributed by atoms with Gasteiger partial charge in [-0.15, -0.1) is 0 Å². The fourth-order valence-corrected chi connectivity index (χ4v) is 2.48. The number of ether oxygens (including phenoxy) is 1. The van der Waals surface area contributed by atoms with Gasteiger partial charge in [-0.05, 0) is 37.3 Å². The predicted octanol–water partition coefficient (Wildman–Crippen LogP) is 2.28. The first kappa shape index (κ1) is 14.0. The number of carbonyl (C=O) groups is 1. The topological polar surface area (TPSA) is 42.4 Å². The summed E-state index contributed by atoms with van der Waals surface area (Å²) < 4.78 is 5.39. The molecule has 1 aromatic heterocycles. The van der Waals surface area contributed by atoms with Gasteiger partial charge in [0.15, 0.2) is 0 Å². The second-order valence-corrected chi connectivity index (χ2v) is 5.77. The van der Waals surface area contributed by atoms with Crippen LogP contribution in [-0.2, 0) is 4.74 Å². The van der Waals surface area contributed by atoms with Gasteiger partial charge in [-0.1, -0.05) is 6.92 Å². The average molecular weight is 262 g/mol. The van der Waals surface area contributed by atoms with Crippen LogP contribution in [0.3, 0.4) is 0 Å². The first-order valence-electron chi connectivity index (χ1n) is 6.76. The summed E-state index contributed by atoms with van der Waals surface area (Å²) in [4.78, 5) is 18.3. The van der Waals surface area contributed by atoms with Crippen molar-refractivity contribution >= 4 is 5.91 Å². The van der Waals surface area contributed by atoms with Gasteiger partial charge in [0.1, 0.15) is 0 Å². The molecule has 2 rings (SSSR count). The zero-order valence-electron chi connectivity index (χ0n) is 12.0. The van der Waals surface area contributed by atoms with Crippen LogP contribution in [0.1, 0.15) is 35.8 Å². The summed E-state index contributed by atoms with van der Waals surface area (Å²) in [7, 11) is 1.86. The van der Waals surface area contributed by atoms with Crippen LogP contribution in [0.2, 0.25) is 0 Å². The summed E-state index contributed by atoms with van der Waals surface area (Å²) in [5.74, 6) is 0.0419. The first-order valence-corrected chi connectivity index (χ1v) is 6.76. The second kappa shape index (κ2) is 5.70. The van der Waals surface area contributed by atoms with Crippen molar-refractivity contribution in [2.24, 2.45) is 5.41 Å². The smallest absolute Gasteiger partial charge is 0.255 e. The number of nitrogens with zero attached hydrogens (tertiary/aromatic N) is 2. The highest BCUT2D eigenvalue weighted by Gasteiger charge is 2.30. The highest BCUT2D eigenvalue weighted by Crippen LogP contribution is 2.30. The number of carbonyl (C=O) groups excluding carboxylic acids is 1. The fourth-order valence-electron chi connectivity index (χ4n) is 2.48. The lowest BCUT2D eigenvalue weighted by molar-refractivity contribution is 0.00916. The molecule has 4 heteroatoms. The lowest BCUT2D eigenvalue weighted by Crippen LogP contribution is -2.40. The van der Waals surface area contributed by atoms with Gasteiger partial charge in [0.2, 0.25) is 0 Å². The summed E-state index contributed by atoms with van der Waals surface area (Å²) in [6, 6.07) is 3.71. The zero-order chi connectivity index (χ0) is 13.9. The number of hydrogen-bond acceptors (Lipinski definition) is 3. The molecule has 1 fully saturated rings. The minimum atomic E-state index is 0.0419. The Balaban J connectivity index is 2.00. The third-order valence-electron chi connectivity index (χ3n) is 3.82. The standard InChI is InChI=1S/C15H22N2O2/c1-12-4-5-13(10-16-12)14(18)17(3)11-15(2)6-8-19-9-7-15/h4-5,10H,6-9,11H2,1-3H3. The largest absolute Gasteiger partial charge is 0.381 e. The molecular formula is C15H22N2O2. The van der Waals surface area contributed by atoms with Crippen molar-refractivity contribution in [2.75, 3.05) is 26.8 Å². The van der Waals surface area contributed by atoms with Gasteiger partial charge in [0, 0.05) is 38.7 Å². The molecule has 1 aliphatic rings. The van der Waals surface area contributed by atoms with Crippen LogP contribution in [0, 0.1) is 12.3 Å². The molecule has 0 N–H and O–H groups in total. The first-order chi connectivity index (χ1) is 9.00. The van der Waals surface area contributed by atoms with Crippen molar-refractivity contribution in [3.63, 3.8) is 0 Å². The fraction of sp³-hybridized carbons (Fsp3) is 0.600. The Morgan fingerprint density at radius 2 is 2.11 bits per heavy atom. The van der Waals surface area contributed by atoms with E-state index in [1.54, 1.807) is 11.1 Å². The maximum atomic E-state index is 12.3.